The maximum Gasteiger partial charge on any atom is 0.185 e. The van der Waals surface area contributed by atoms with Gasteiger partial charge in [0.05, 0.1) is 15.8 Å². The fourth-order valence-corrected chi connectivity index (χ4v) is 7.70. The summed E-state index contributed by atoms with van der Waals surface area (Å²) in [5.41, 5.74) is 3.73. The molecule has 0 atom stereocenters. The molecule has 2 heterocycles. The second-order valence-electron chi connectivity index (χ2n) is 8.03. The summed E-state index contributed by atoms with van der Waals surface area (Å²) in [5.74, 6) is 0. The Kier molecular flexibility index (Phi) is 7.14. The normalized spacial score (nSPS) is 15.4. The van der Waals surface area contributed by atoms with Gasteiger partial charge < -0.3 is 4.90 Å². The zero-order valence-electron chi connectivity index (χ0n) is 17.6. The monoisotopic (exact) mass is 518 g/mol. The van der Waals surface area contributed by atoms with Crippen LogP contribution < -0.4 is 4.90 Å². The molecule has 2 aromatic carbocycles. The van der Waals surface area contributed by atoms with Crippen molar-refractivity contribution in [2.24, 2.45) is 0 Å². The molecule has 0 amide bonds. The Morgan fingerprint density at radius 2 is 1.74 bits per heavy atom. The van der Waals surface area contributed by atoms with E-state index in [0.29, 0.717) is 35.3 Å². The largest absolute Gasteiger partial charge is 0.348 e. The second-order valence-corrected chi connectivity index (χ2v) is 11.9. The molecule has 3 aromatic rings. The number of thiazole rings is 1. The lowest BCUT2D eigenvalue weighted by Crippen LogP contribution is -2.39. The molecule has 31 heavy (non-hydrogen) atoms. The van der Waals surface area contributed by atoms with Gasteiger partial charge in [0, 0.05) is 29.4 Å². The van der Waals surface area contributed by atoms with E-state index in [1.54, 1.807) is 29.5 Å². The molecule has 164 valence electrons. The molecule has 0 N–H and O–H groups in total. The average molecular weight is 520 g/mol. The van der Waals surface area contributed by atoms with Gasteiger partial charge >= 0.3 is 0 Å². The minimum Gasteiger partial charge on any atom is -0.348 e. The molecule has 1 saturated heterocycles. The van der Waals surface area contributed by atoms with E-state index in [-0.39, 0.29) is 5.25 Å². The van der Waals surface area contributed by atoms with Crippen LogP contribution in [-0.2, 0) is 22.7 Å². The van der Waals surface area contributed by atoms with Crippen LogP contribution in [0, 0.1) is 0 Å². The van der Waals surface area contributed by atoms with Crippen molar-refractivity contribution in [2.45, 2.75) is 49.2 Å². The van der Waals surface area contributed by atoms with Crippen LogP contribution in [0.4, 0.5) is 5.13 Å². The Morgan fingerprint density at radius 3 is 2.42 bits per heavy atom. The predicted octanol–water partition coefficient (Wildman–Crippen LogP) is 5.89. The van der Waals surface area contributed by atoms with E-state index in [1.807, 2.05) is 6.07 Å². The lowest BCUT2D eigenvalue weighted by molar-refractivity contribution is 0.529. The molecule has 0 spiro atoms. The first-order valence-corrected chi connectivity index (χ1v) is 13.9. The highest BCUT2D eigenvalue weighted by molar-refractivity contribution is 9.10. The van der Waals surface area contributed by atoms with Gasteiger partial charge in [-0.05, 0) is 58.5 Å². The van der Waals surface area contributed by atoms with Crippen molar-refractivity contribution in [3.63, 3.8) is 0 Å². The number of aromatic nitrogens is 1. The Balaban J connectivity index is 1.37. The molecule has 1 aliphatic rings. The number of hydrogen-bond acceptors (Lipinski definition) is 5. The first kappa shape index (κ1) is 22.5. The molecule has 0 saturated carbocycles. The van der Waals surface area contributed by atoms with E-state index < -0.39 is 9.84 Å². The maximum absolute atomic E-state index is 13.1. The summed E-state index contributed by atoms with van der Waals surface area (Å²) in [5, 5.41) is 2.78. The van der Waals surface area contributed by atoms with Gasteiger partial charge in [-0.1, -0.05) is 49.7 Å². The number of aryl methyl sites for hydroxylation is 1. The van der Waals surface area contributed by atoms with Crippen LogP contribution in [0.1, 0.15) is 43.0 Å². The number of sulfone groups is 1. The van der Waals surface area contributed by atoms with E-state index >= 15 is 0 Å². The summed E-state index contributed by atoms with van der Waals surface area (Å²) in [7, 11) is -3.33. The minimum absolute atomic E-state index is 0.344. The van der Waals surface area contributed by atoms with Crippen molar-refractivity contribution >= 4 is 42.2 Å². The molecule has 7 heteroatoms. The highest BCUT2D eigenvalue weighted by atomic mass is 79.9. The standard InChI is InChI=1S/C24H27BrN2O2S2/c1-2-5-18-8-10-19(11-9-18)16-20-17-30-24(26-20)27-14-12-21(13-15-27)31(28,29)23-7-4-3-6-22(23)25/h3-4,6-11,17,21H,2,5,12-16H2,1H3. The molecule has 0 radical (unpaired) electrons. The third-order valence-electron chi connectivity index (χ3n) is 5.78. The van der Waals surface area contributed by atoms with Crippen molar-refractivity contribution in [2.75, 3.05) is 18.0 Å². The second kappa shape index (κ2) is 9.84. The topological polar surface area (TPSA) is 50.3 Å². The number of anilines is 1. The zero-order valence-corrected chi connectivity index (χ0v) is 20.8. The molecular formula is C24H27BrN2O2S2. The lowest BCUT2D eigenvalue weighted by Gasteiger charge is -2.31. The molecule has 1 aliphatic heterocycles. The van der Waals surface area contributed by atoms with E-state index in [9.17, 15) is 8.42 Å². The van der Waals surface area contributed by atoms with Crippen molar-refractivity contribution in [1.29, 1.82) is 0 Å². The summed E-state index contributed by atoms with van der Waals surface area (Å²) in [4.78, 5) is 7.46. The average Bonchev–Trinajstić information content (AvgIpc) is 3.24. The molecule has 1 fully saturated rings. The highest BCUT2D eigenvalue weighted by Crippen LogP contribution is 2.32. The van der Waals surface area contributed by atoms with Crippen molar-refractivity contribution in [1.82, 2.24) is 4.98 Å². The van der Waals surface area contributed by atoms with E-state index in [0.717, 1.165) is 30.1 Å². The zero-order chi connectivity index (χ0) is 21.8. The summed E-state index contributed by atoms with van der Waals surface area (Å²) in [6, 6.07) is 15.9. The molecule has 4 nitrogen and oxygen atoms in total. The smallest absolute Gasteiger partial charge is 0.185 e. The summed E-state index contributed by atoms with van der Waals surface area (Å²) < 4.78 is 26.8. The molecule has 0 bridgehead atoms. The van der Waals surface area contributed by atoms with Crippen LogP contribution in [0.2, 0.25) is 0 Å². The third kappa shape index (κ3) is 5.21. The van der Waals surface area contributed by atoms with Gasteiger partial charge in [-0.2, -0.15) is 0 Å². The fraction of sp³-hybridized carbons (Fsp3) is 0.375. The maximum atomic E-state index is 13.1. The van der Waals surface area contributed by atoms with Crippen molar-refractivity contribution in [3.05, 3.63) is 75.2 Å². The van der Waals surface area contributed by atoms with Crippen molar-refractivity contribution in [3.8, 4) is 0 Å². The van der Waals surface area contributed by atoms with Crippen LogP contribution in [0.25, 0.3) is 0 Å². The summed E-state index contributed by atoms with van der Waals surface area (Å²) in [6.45, 7) is 3.63. The van der Waals surface area contributed by atoms with Crippen LogP contribution >= 0.6 is 27.3 Å². The number of hydrogen-bond donors (Lipinski definition) is 0. The van der Waals surface area contributed by atoms with Gasteiger partial charge in [-0.25, -0.2) is 13.4 Å². The Morgan fingerprint density at radius 1 is 1.06 bits per heavy atom. The van der Waals surface area contributed by atoms with Crippen LogP contribution in [0.5, 0.6) is 0 Å². The first-order chi connectivity index (χ1) is 15.0. The Bertz CT molecular complexity index is 1120. The minimum atomic E-state index is -3.33. The molecular weight excluding hydrogens is 492 g/mol. The molecule has 1 aromatic heterocycles. The van der Waals surface area contributed by atoms with Gasteiger partial charge in [0.15, 0.2) is 15.0 Å². The van der Waals surface area contributed by atoms with Gasteiger partial charge in [-0.15, -0.1) is 11.3 Å². The van der Waals surface area contributed by atoms with Crippen LogP contribution in [0.3, 0.4) is 0 Å². The number of rotatable bonds is 7. The molecule has 0 aliphatic carbocycles. The van der Waals surface area contributed by atoms with E-state index in [4.69, 9.17) is 4.98 Å². The Labute approximate surface area is 197 Å². The molecule has 0 unspecified atom stereocenters. The lowest BCUT2D eigenvalue weighted by atomic mass is 10.1. The van der Waals surface area contributed by atoms with Gasteiger partial charge in [0.2, 0.25) is 0 Å². The quantitative estimate of drug-likeness (QED) is 0.391. The fourth-order valence-electron chi connectivity index (χ4n) is 4.06. The number of nitrogens with zero attached hydrogens (tertiary/aromatic N) is 2. The SMILES string of the molecule is CCCc1ccc(Cc2csc(N3CCC(S(=O)(=O)c4ccccc4Br)CC3)n2)cc1. The van der Waals surface area contributed by atoms with Crippen molar-refractivity contribution < 1.29 is 8.42 Å². The van der Waals surface area contributed by atoms with Crippen LogP contribution in [0.15, 0.2) is 63.3 Å². The summed E-state index contributed by atoms with van der Waals surface area (Å²) in [6.07, 6.45) is 4.36. The summed E-state index contributed by atoms with van der Waals surface area (Å²) >= 11 is 5.04. The van der Waals surface area contributed by atoms with Crippen LogP contribution in [-0.4, -0.2) is 31.7 Å². The van der Waals surface area contributed by atoms with Gasteiger partial charge in [0.1, 0.15) is 0 Å². The van der Waals surface area contributed by atoms with Gasteiger partial charge in [-0.3, -0.25) is 0 Å². The third-order valence-corrected chi connectivity index (χ3v) is 10.0. The number of piperidine rings is 1. The number of benzene rings is 2. The molecule has 4 rings (SSSR count). The Hall–Kier alpha value is -1.70. The predicted molar refractivity (Wildman–Crippen MR) is 132 cm³/mol. The first-order valence-electron chi connectivity index (χ1n) is 10.7. The number of halogens is 1. The highest BCUT2D eigenvalue weighted by Gasteiger charge is 2.33. The van der Waals surface area contributed by atoms with E-state index in [2.05, 4.69) is 57.4 Å². The van der Waals surface area contributed by atoms with Gasteiger partial charge in [0.25, 0.3) is 0 Å². The van der Waals surface area contributed by atoms with E-state index in [1.165, 1.54) is 11.1 Å².